The Labute approximate surface area is 162 Å². The van der Waals surface area contributed by atoms with Crippen molar-refractivity contribution < 1.29 is 13.9 Å². The average Bonchev–Trinajstić information content (AvgIpc) is 3.36. The van der Waals surface area contributed by atoms with E-state index in [0.29, 0.717) is 12.2 Å². The summed E-state index contributed by atoms with van der Waals surface area (Å²) in [6, 6.07) is 27.1. The van der Waals surface area contributed by atoms with Crippen molar-refractivity contribution in [2.75, 3.05) is 0 Å². The van der Waals surface area contributed by atoms with Crippen molar-refractivity contribution in [3.05, 3.63) is 102 Å². The summed E-state index contributed by atoms with van der Waals surface area (Å²) in [6.07, 6.45) is 0.0388. The fourth-order valence-corrected chi connectivity index (χ4v) is 3.67. The van der Waals surface area contributed by atoms with Crippen LogP contribution in [0.3, 0.4) is 0 Å². The Hall–Kier alpha value is -3.53. The molecule has 5 rings (SSSR count). The van der Waals surface area contributed by atoms with Crippen LogP contribution in [0.2, 0.25) is 0 Å². The lowest BCUT2D eigenvalue weighted by atomic mass is 10.0. The summed E-state index contributed by atoms with van der Waals surface area (Å²) >= 11 is 0. The molecule has 2 unspecified atom stereocenters. The van der Waals surface area contributed by atoms with Gasteiger partial charge in [-0.1, -0.05) is 66.7 Å². The molecule has 2 heterocycles. The first kappa shape index (κ1) is 16.6. The fourth-order valence-electron chi connectivity index (χ4n) is 3.67. The lowest BCUT2D eigenvalue weighted by Gasteiger charge is -2.19. The van der Waals surface area contributed by atoms with E-state index < -0.39 is 6.10 Å². The van der Waals surface area contributed by atoms with E-state index in [9.17, 15) is 4.79 Å². The van der Waals surface area contributed by atoms with Crippen LogP contribution < -0.4 is 10.1 Å². The summed E-state index contributed by atoms with van der Waals surface area (Å²) in [6.45, 7) is 0. The van der Waals surface area contributed by atoms with Crippen LogP contribution in [0.15, 0.2) is 89.3 Å². The van der Waals surface area contributed by atoms with Crippen LogP contribution in [0, 0.1) is 0 Å². The van der Waals surface area contributed by atoms with Gasteiger partial charge >= 0.3 is 0 Å². The van der Waals surface area contributed by atoms with Crippen molar-refractivity contribution in [1.82, 2.24) is 5.32 Å². The van der Waals surface area contributed by atoms with Crippen molar-refractivity contribution in [3.63, 3.8) is 0 Å². The van der Waals surface area contributed by atoms with Crippen molar-refractivity contribution in [2.45, 2.75) is 18.6 Å². The van der Waals surface area contributed by atoms with Crippen molar-refractivity contribution in [2.24, 2.45) is 0 Å². The molecule has 4 heteroatoms. The molecule has 4 nitrogen and oxygen atoms in total. The maximum atomic E-state index is 13.0. The highest BCUT2D eigenvalue weighted by atomic mass is 16.5. The summed E-state index contributed by atoms with van der Waals surface area (Å²) in [5, 5.41) is 4.14. The maximum absolute atomic E-state index is 13.0. The number of carbonyl (C=O) groups is 1. The minimum absolute atomic E-state index is 0.148. The van der Waals surface area contributed by atoms with E-state index in [1.165, 1.54) is 0 Å². The number of amides is 1. The number of rotatable bonds is 4. The highest BCUT2D eigenvalue weighted by Crippen LogP contribution is 2.31. The van der Waals surface area contributed by atoms with Crippen molar-refractivity contribution in [3.8, 4) is 5.75 Å². The van der Waals surface area contributed by atoms with Crippen molar-refractivity contribution >= 4 is 16.9 Å². The Morgan fingerprint density at radius 2 is 1.68 bits per heavy atom. The van der Waals surface area contributed by atoms with Gasteiger partial charge in [-0.3, -0.25) is 4.79 Å². The van der Waals surface area contributed by atoms with Gasteiger partial charge in [-0.15, -0.1) is 0 Å². The highest BCUT2D eigenvalue weighted by molar-refractivity contribution is 5.84. The first-order chi connectivity index (χ1) is 13.8. The van der Waals surface area contributed by atoms with Gasteiger partial charge in [-0.2, -0.15) is 0 Å². The van der Waals surface area contributed by atoms with Crippen LogP contribution in [0.5, 0.6) is 5.75 Å². The molecule has 0 spiro atoms. The molecular weight excluding hydrogens is 350 g/mol. The first-order valence-corrected chi connectivity index (χ1v) is 9.36. The number of fused-ring (bicyclic) bond motifs is 2. The molecule has 28 heavy (non-hydrogen) atoms. The standard InChI is InChI=1S/C24H19NO3/c26-24(22-15-18-11-5-7-13-20(18)28-22)25-23(16-8-2-1-3-9-16)21-14-17-10-4-6-12-19(17)27-21/h1-14,22-23H,15H2,(H,25,26). The van der Waals surface area contributed by atoms with Crippen molar-refractivity contribution in [1.29, 1.82) is 0 Å². The highest BCUT2D eigenvalue weighted by Gasteiger charge is 2.31. The average molecular weight is 369 g/mol. The molecule has 1 aliphatic heterocycles. The normalized spacial score (nSPS) is 16.4. The Bertz CT molecular complexity index is 1070. The summed E-state index contributed by atoms with van der Waals surface area (Å²) in [5.41, 5.74) is 2.82. The van der Waals surface area contributed by atoms with E-state index in [-0.39, 0.29) is 11.9 Å². The number of carbonyl (C=O) groups excluding carboxylic acids is 1. The third-order valence-corrected chi connectivity index (χ3v) is 5.09. The van der Waals surface area contributed by atoms with Gasteiger partial charge in [-0.25, -0.2) is 0 Å². The van der Waals surface area contributed by atoms with Gasteiger partial charge in [0.25, 0.3) is 5.91 Å². The maximum Gasteiger partial charge on any atom is 0.262 e. The minimum Gasteiger partial charge on any atom is -0.480 e. The molecular formula is C24H19NO3. The molecule has 4 aromatic rings. The van der Waals surface area contributed by atoms with E-state index in [1.807, 2.05) is 84.9 Å². The molecule has 1 aliphatic rings. The summed E-state index contributed by atoms with van der Waals surface area (Å²) < 4.78 is 11.9. The number of benzene rings is 3. The molecule has 0 bridgehead atoms. The molecule has 2 atom stereocenters. The Balaban J connectivity index is 1.45. The van der Waals surface area contributed by atoms with Gasteiger partial charge in [0.1, 0.15) is 23.1 Å². The number of hydrogen-bond acceptors (Lipinski definition) is 3. The van der Waals surface area contributed by atoms with Gasteiger partial charge in [0, 0.05) is 11.8 Å². The summed E-state index contributed by atoms with van der Waals surface area (Å²) in [4.78, 5) is 13.0. The largest absolute Gasteiger partial charge is 0.480 e. The molecule has 1 amide bonds. The second kappa shape index (κ2) is 6.89. The zero-order valence-corrected chi connectivity index (χ0v) is 15.2. The Morgan fingerprint density at radius 3 is 2.50 bits per heavy atom. The molecule has 3 aromatic carbocycles. The SMILES string of the molecule is O=C(NC(c1ccccc1)c1cc2ccccc2o1)C1Cc2ccccc2O1. The van der Waals surface area contributed by atoms with Gasteiger partial charge in [0.2, 0.25) is 0 Å². The number of nitrogens with one attached hydrogen (secondary N) is 1. The quantitative estimate of drug-likeness (QED) is 0.570. The van der Waals surface area contributed by atoms with Crippen LogP contribution in [0.4, 0.5) is 0 Å². The molecule has 1 aromatic heterocycles. The molecule has 0 fully saturated rings. The second-order valence-electron chi connectivity index (χ2n) is 6.96. The molecule has 138 valence electrons. The first-order valence-electron chi connectivity index (χ1n) is 9.36. The third-order valence-electron chi connectivity index (χ3n) is 5.09. The molecule has 0 saturated heterocycles. The van der Waals surface area contributed by atoms with Gasteiger partial charge in [-0.05, 0) is 29.3 Å². The second-order valence-corrected chi connectivity index (χ2v) is 6.96. The van der Waals surface area contributed by atoms with E-state index in [4.69, 9.17) is 9.15 Å². The predicted molar refractivity (Wildman–Crippen MR) is 107 cm³/mol. The lowest BCUT2D eigenvalue weighted by molar-refractivity contribution is -0.127. The van der Waals surface area contributed by atoms with Crippen LogP contribution in [-0.4, -0.2) is 12.0 Å². The smallest absolute Gasteiger partial charge is 0.262 e. The third kappa shape index (κ3) is 3.03. The zero-order chi connectivity index (χ0) is 18.9. The predicted octanol–water partition coefficient (Wildman–Crippen LogP) is 4.64. The zero-order valence-electron chi connectivity index (χ0n) is 15.2. The number of para-hydroxylation sites is 2. The monoisotopic (exact) mass is 369 g/mol. The number of furan rings is 1. The molecule has 0 aliphatic carbocycles. The fraction of sp³-hybridized carbons (Fsp3) is 0.125. The molecule has 0 radical (unpaired) electrons. The van der Waals surface area contributed by atoms with E-state index in [0.717, 1.165) is 27.8 Å². The van der Waals surface area contributed by atoms with E-state index in [2.05, 4.69) is 5.32 Å². The summed E-state index contributed by atoms with van der Waals surface area (Å²) in [5.74, 6) is 1.34. The van der Waals surface area contributed by atoms with Crippen LogP contribution in [0.25, 0.3) is 11.0 Å². The van der Waals surface area contributed by atoms with Gasteiger partial charge in [0.15, 0.2) is 6.10 Å². The van der Waals surface area contributed by atoms with Crippen LogP contribution in [-0.2, 0) is 11.2 Å². The Kier molecular flexibility index (Phi) is 4.09. The summed E-state index contributed by atoms with van der Waals surface area (Å²) in [7, 11) is 0. The van der Waals surface area contributed by atoms with Gasteiger partial charge in [0.05, 0.1) is 0 Å². The number of ether oxygens (including phenoxy) is 1. The topological polar surface area (TPSA) is 51.5 Å². The minimum atomic E-state index is -0.534. The Morgan fingerprint density at radius 1 is 0.929 bits per heavy atom. The molecule has 1 N–H and O–H groups in total. The van der Waals surface area contributed by atoms with E-state index >= 15 is 0 Å². The van der Waals surface area contributed by atoms with Crippen LogP contribution >= 0.6 is 0 Å². The van der Waals surface area contributed by atoms with Gasteiger partial charge < -0.3 is 14.5 Å². The van der Waals surface area contributed by atoms with E-state index in [1.54, 1.807) is 0 Å². The number of hydrogen-bond donors (Lipinski definition) is 1. The lowest BCUT2D eigenvalue weighted by Crippen LogP contribution is -2.39. The molecule has 0 saturated carbocycles. The van der Waals surface area contributed by atoms with Crippen LogP contribution in [0.1, 0.15) is 22.9 Å².